The van der Waals surface area contributed by atoms with Crippen LogP contribution in [0.4, 0.5) is 10.1 Å². The van der Waals surface area contributed by atoms with Crippen molar-refractivity contribution in [2.45, 2.75) is 19.4 Å². The zero-order chi connectivity index (χ0) is 13.9. The van der Waals surface area contributed by atoms with E-state index < -0.39 is 11.8 Å². The maximum Gasteiger partial charge on any atom is 0.337 e. The number of carbonyl (C=O) groups is 1. The lowest BCUT2D eigenvalue weighted by Crippen LogP contribution is -2.44. The molecule has 0 saturated carbocycles. The summed E-state index contributed by atoms with van der Waals surface area (Å²) in [6.45, 7) is 4.42. The van der Waals surface area contributed by atoms with Crippen LogP contribution in [0.2, 0.25) is 0 Å². The molecule has 0 atom stereocenters. The van der Waals surface area contributed by atoms with Crippen molar-refractivity contribution in [1.29, 1.82) is 0 Å². The van der Waals surface area contributed by atoms with E-state index in [9.17, 15) is 9.18 Å². The third-order valence-electron chi connectivity index (χ3n) is 3.15. The fourth-order valence-corrected chi connectivity index (χ4v) is 1.34. The van der Waals surface area contributed by atoms with E-state index in [-0.39, 0.29) is 16.8 Å². The standard InChI is InChI=1S/C13H19FN2O2/c1-13(2,16(3)4)8-15-11-9(12(17)18)6-5-7-10(11)14/h5-7,15H,8H2,1-4H3,(H,17,18). The van der Waals surface area contributed by atoms with Gasteiger partial charge in [-0.05, 0) is 40.1 Å². The Kier molecular flexibility index (Phi) is 4.29. The quantitative estimate of drug-likeness (QED) is 0.846. The Balaban J connectivity index is 2.95. The molecular formula is C13H19FN2O2. The SMILES string of the molecule is CN(C)C(C)(C)CNc1c(F)cccc1C(=O)O. The largest absolute Gasteiger partial charge is 0.478 e. The zero-order valence-electron chi connectivity index (χ0n) is 11.1. The number of hydrogen-bond acceptors (Lipinski definition) is 3. The molecule has 18 heavy (non-hydrogen) atoms. The molecule has 4 nitrogen and oxygen atoms in total. The van der Waals surface area contributed by atoms with Crippen molar-refractivity contribution < 1.29 is 14.3 Å². The molecule has 100 valence electrons. The average molecular weight is 254 g/mol. The number of aromatic carboxylic acids is 1. The second kappa shape index (κ2) is 5.35. The van der Waals surface area contributed by atoms with Gasteiger partial charge in [0.05, 0.1) is 11.3 Å². The van der Waals surface area contributed by atoms with Gasteiger partial charge in [-0.25, -0.2) is 9.18 Å². The number of anilines is 1. The van der Waals surface area contributed by atoms with Crippen LogP contribution in [-0.4, -0.2) is 42.2 Å². The number of para-hydroxylation sites is 1. The van der Waals surface area contributed by atoms with Crippen LogP contribution in [0.3, 0.4) is 0 Å². The summed E-state index contributed by atoms with van der Waals surface area (Å²) in [7, 11) is 3.84. The van der Waals surface area contributed by atoms with Gasteiger partial charge in [0.15, 0.2) is 0 Å². The first-order valence-electron chi connectivity index (χ1n) is 5.69. The molecule has 0 bridgehead atoms. The van der Waals surface area contributed by atoms with E-state index in [1.807, 2.05) is 32.8 Å². The van der Waals surface area contributed by atoms with Crippen LogP contribution < -0.4 is 5.32 Å². The normalized spacial score (nSPS) is 11.7. The molecule has 0 aromatic heterocycles. The van der Waals surface area contributed by atoms with Crippen molar-refractivity contribution in [3.05, 3.63) is 29.6 Å². The summed E-state index contributed by atoms with van der Waals surface area (Å²) >= 11 is 0. The third-order valence-corrected chi connectivity index (χ3v) is 3.15. The lowest BCUT2D eigenvalue weighted by molar-refractivity contribution is 0.0697. The summed E-state index contributed by atoms with van der Waals surface area (Å²) in [6, 6.07) is 4.02. The summed E-state index contributed by atoms with van der Waals surface area (Å²) in [5.41, 5.74) is -0.220. The Hall–Kier alpha value is -1.62. The molecule has 1 rings (SSSR count). The van der Waals surface area contributed by atoms with E-state index in [0.29, 0.717) is 6.54 Å². The van der Waals surface area contributed by atoms with E-state index >= 15 is 0 Å². The first kappa shape index (κ1) is 14.4. The van der Waals surface area contributed by atoms with Crippen molar-refractivity contribution in [1.82, 2.24) is 4.90 Å². The highest BCUT2D eigenvalue weighted by Gasteiger charge is 2.22. The van der Waals surface area contributed by atoms with Gasteiger partial charge >= 0.3 is 5.97 Å². The molecular weight excluding hydrogens is 235 g/mol. The molecule has 0 radical (unpaired) electrons. The predicted molar refractivity (Wildman–Crippen MR) is 69.6 cm³/mol. The molecule has 0 fully saturated rings. The van der Waals surface area contributed by atoms with Gasteiger partial charge in [-0.15, -0.1) is 0 Å². The van der Waals surface area contributed by atoms with E-state index in [4.69, 9.17) is 5.11 Å². The Morgan fingerprint density at radius 1 is 1.44 bits per heavy atom. The third kappa shape index (κ3) is 3.20. The highest BCUT2D eigenvalue weighted by molar-refractivity contribution is 5.94. The molecule has 2 N–H and O–H groups in total. The molecule has 0 heterocycles. The smallest absolute Gasteiger partial charge is 0.337 e. The average Bonchev–Trinajstić information content (AvgIpc) is 2.26. The monoisotopic (exact) mass is 254 g/mol. The minimum Gasteiger partial charge on any atom is -0.478 e. The fraction of sp³-hybridized carbons (Fsp3) is 0.462. The predicted octanol–water partition coefficient (Wildman–Crippen LogP) is 2.28. The topological polar surface area (TPSA) is 52.6 Å². The van der Waals surface area contributed by atoms with Gasteiger partial charge in [-0.2, -0.15) is 0 Å². The molecule has 5 heteroatoms. The highest BCUT2D eigenvalue weighted by atomic mass is 19.1. The minimum atomic E-state index is -1.14. The first-order chi connectivity index (χ1) is 8.25. The summed E-state index contributed by atoms with van der Waals surface area (Å²) in [4.78, 5) is 13.0. The van der Waals surface area contributed by atoms with E-state index in [1.165, 1.54) is 18.2 Å². The van der Waals surface area contributed by atoms with E-state index in [0.717, 1.165) is 0 Å². The van der Waals surface area contributed by atoms with Gasteiger partial charge in [0.2, 0.25) is 0 Å². The first-order valence-corrected chi connectivity index (χ1v) is 5.69. The summed E-state index contributed by atoms with van der Waals surface area (Å²) in [6.07, 6.45) is 0. The molecule has 1 aromatic rings. The lowest BCUT2D eigenvalue weighted by atomic mass is 10.0. The molecule has 0 spiro atoms. The Labute approximate surface area is 106 Å². The van der Waals surface area contributed by atoms with Crippen LogP contribution in [0, 0.1) is 5.82 Å². The summed E-state index contributed by atoms with van der Waals surface area (Å²) in [5, 5.41) is 11.9. The number of likely N-dealkylation sites (N-methyl/N-ethyl adjacent to an activating group) is 1. The number of hydrogen-bond donors (Lipinski definition) is 2. The second-order valence-electron chi connectivity index (χ2n) is 5.03. The summed E-state index contributed by atoms with van der Waals surface area (Å²) in [5.74, 6) is -1.69. The van der Waals surface area contributed by atoms with Crippen LogP contribution >= 0.6 is 0 Å². The molecule has 0 aliphatic heterocycles. The van der Waals surface area contributed by atoms with E-state index in [2.05, 4.69) is 5.32 Å². The number of benzene rings is 1. The minimum absolute atomic E-state index is 0.0416. The van der Waals surface area contributed by atoms with Crippen LogP contribution in [0.15, 0.2) is 18.2 Å². The number of halogens is 1. The Morgan fingerprint density at radius 3 is 2.56 bits per heavy atom. The molecule has 0 unspecified atom stereocenters. The number of carboxylic acids is 1. The van der Waals surface area contributed by atoms with Crippen molar-refractivity contribution in [2.24, 2.45) is 0 Å². The fourth-order valence-electron chi connectivity index (χ4n) is 1.34. The molecule has 0 aliphatic carbocycles. The maximum atomic E-state index is 13.6. The highest BCUT2D eigenvalue weighted by Crippen LogP contribution is 2.21. The van der Waals surface area contributed by atoms with Gasteiger partial charge in [0.25, 0.3) is 0 Å². The lowest BCUT2D eigenvalue weighted by Gasteiger charge is -2.33. The molecule has 0 aliphatic rings. The van der Waals surface area contributed by atoms with Crippen LogP contribution in [0.25, 0.3) is 0 Å². The van der Waals surface area contributed by atoms with Gasteiger partial charge in [-0.1, -0.05) is 6.07 Å². The molecule has 0 saturated heterocycles. The van der Waals surface area contributed by atoms with Crippen LogP contribution in [-0.2, 0) is 0 Å². The van der Waals surface area contributed by atoms with E-state index in [1.54, 1.807) is 0 Å². The maximum absolute atomic E-state index is 13.6. The van der Waals surface area contributed by atoms with Gasteiger partial charge in [0, 0.05) is 12.1 Å². The number of rotatable bonds is 5. The number of nitrogens with zero attached hydrogens (tertiary/aromatic N) is 1. The van der Waals surface area contributed by atoms with Gasteiger partial charge in [-0.3, -0.25) is 0 Å². The van der Waals surface area contributed by atoms with Gasteiger partial charge in [0.1, 0.15) is 5.82 Å². The number of nitrogens with one attached hydrogen (secondary N) is 1. The molecule has 0 amide bonds. The van der Waals surface area contributed by atoms with Crippen molar-refractivity contribution in [2.75, 3.05) is 26.0 Å². The molecule has 1 aromatic carbocycles. The van der Waals surface area contributed by atoms with Crippen molar-refractivity contribution in [3.63, 3.8) is 0 Å². The second-order valence-corrected chi connectivity index (χ2v) is 5.03. The van der Waals surface area contributed by atoms with Crippen LogP contribution in [0.5, 0.6) is 0 Å². The van der Waals surface area contributed by atoms with Crippen molar-refractivity contribution >= 4 is 11.7 Å². The zero-order valence-corrected chi connectivity index (χ0v) is 11.1. The summed E-state index contributed by atoms with van der Waals surface area (Å²) < 4.78 is 13.6. The van der Waals surface area contributed by atoms with Gasteiger partial charge < -0.3 is 15.3 Å². The number of carboxylic acid groups (broad SMARTS) is 1. The van der Waals surface area contributed by atoms with Crippen molar-refractivity contribution in [3.8, 4) is 0 Å². The van der Waals surface area contributed by atoms with Crippen LogP contribution in [0.1, 0.15) is 24.2 Å². The Morgan fingerprint density at radius 2 is 2.06 bits per heavy atom. The Bertz CT molecular complexity index is 445.